The molecule has 1 aromatic heterocycles. The number of amides is 3. The maximum atomic E-state index is 13.1. The van der Waals surface area contributed by atoms with E-state index in [2.05, 4.69) is 4.98 Å². The predicted molar refractivity (Wildman–Crippen MR) is 106 cm³/mol. The summed E-state index contributed by atoms with van der Waals surface area (Å²) in [6.07, 6.45) is 0. The Kier molecular flexibility index (Phi) is 5.48. The van der Waals surface area contributed by atoms with Crippen molar-refractivity contribution in [1.29, 1.82) is 0 Å². The summed E-state index contributed by atoms with van der Waals surface area (Å²) in [6, 6.07) is 11.2. The molecule has 2 aromatic carbocycles. The van der Waals surface area contributed by atoms with E-state index >= 15 is 0 Å². The highest BCUT2D eigenvalue weighted by atomic mass is 35.5. The Morgan fingerprint density at radius 3 is 2.70 bits per heavy atom. The van der Waals surface area contributed by atoms with Gasteiger partial charge in [0.1, 0.15) is 0 Å². The smallest absolute Gasteiger partial charge is 0.318 e. The first-order valence-electron chi connectivity index (χ1n) is 7.88. The van der Waals surface area contributed by atoms with Gasteiger partial charge in [0.15, 0.2) is 5.16 Å². The fourth-order valence-electron chi connectivity index (χ4n) is 2.56. The number of urea groups is 1. The molecule has 7 nitrogen and oxygen atoms in total. The lowest BCUT2D eigenvalue weighted by atomic mass is 10.2. The van der Waals surface area contributed by atoms with Crippen LogP contribution in [0.5, 0.6) is 0 Å². The van der Waals surface area contributed by atoms with Crippen molar-refractivity contribution < 1.29 is 9.59 Å². The van der Waals surface area contributed by atoms with E-state index < -0.39 is 11.9 Å². The second-order valence-electron chi connectivity index (χ2n) is 5.64. The van der Waals surface area contributed by atoms with Gasteiger partial charge in [0, 0.05) is 5.02 Å². The minimum atomic E-state index is -0.935. The molecule has 0 aliphatic carbocycles. The van der Waals surface area contributed by atoms with E-state index in [0.29, 0.717) is 32.3 Å². The van der Waals surface area contributed by atoms with Gasteiger partial charge in [-0.25, -0.2) is 9.78 Å². The second kappa shape index (κ2) is 7.81. The molecule has 138 valence electrons. The van der Waals surface area contributed by atoms with Gasteiger partial charge in [-0.2, -0.15) is 0 Å². The Balaban J connectivity index is 2.16. The van der Waals surface area contributed by atoms with E-state index in [0.717, 1.165) is 11.8 Å². The highest BCUT2D eigenvalue weighted by molar-refractivity contribution is 7.99. The highest BCUT2D eigenvalue weighted by Gasteiger charge is 2.17. The third-order valence-corrected chi connectivity index (χ3v) is 5.17. The number of halogens is 1. The van der Waals surface area contributed by atoms with Crippen molar-refractivity contribution in [2.45, 2.75) is 12.1 Å². The van der Waals surface area contributed by atoms with Gasteiger partial charge in [-0.15, -0.1) is 0 Å². The van der Waals surface area contributed by atoms with Crippen LogP contribution in [0.2, 0.25) is 5.02 Å². The number of fused-ring (bicyclic) bond motifs is 1. The van der Waals surface area contributed by atoms with E-state index in [4.69, 9.17) is 17.3 Å². The number of nitrogens with two attached hydrogens (primary N) is 1. The first-order chi connectivity index (χ1) is 12.9. The first kappa shape index (κ1) is 18.9. The molecule has 0 bridgehead atoms. The molecule has 1 heterocycles. The molecule has 0 radical (unpaired) electrons. The van der Waals surface area contributed by atoms with Crippen molar-refractivity contribution >= 4 is 46.2 Å². The number of hydrogen-bond donors (Lipinski definition) is 2. The standard InChI is InChI=1S/C18H15ClN4O3S/c1-10-12(19)6-4-8-14(10)23-16(25)11-5-2-3-7-13(11)21-18(23)27-9-15(24)22-17(20)26/h2-8H,9H2,1H3,(H3,20,22,24,26). The van der Waals surface area contributed by atoms with E-state index in [-0.39, 0.29) is 11.3 Å². The summed E-state index contributed by atoms with van der Waals surface area (Å²) in [5, 5.41) is 3.25. The quantitative estimate of drug-likeness (QED) is 0.515. The third kappa shape index (κ3) is 3.96. The number of carbonyl (C=O) groups excluding carboxylic acids is 2. The van der Waals surface area contributed by atoms with Crippen LogP contribution in [0.1, 0.15) is 5.56 Å². The van der Waals surface area contributed by atoms with Crippen LogP contribution in [0.3, 0.4) is 0 Å². The van der Waals surface area contributed by atoms with E-state index in [1.807, 2.05) is 5.32 Å². The van der Waals surface area contributed by atoms with Crippen molar-refractivity contribution in [3.05, 3.63) is 63.4 Å². The molecule has 0 aliphatic heterocycles. The lowest BCUT2D eigenvalue weighted by Crippen LogP contribution is -2.36. The molecular weight excluding hydrogens is 388 g/mol. The van der Waals surface area contributed by atoms with Crippen LogP contribution in [0.4, 0.5) is 4.79 Å². The van der Waals surface area contributed by atoms with Gasteiger partial charge in [-0.1, -0.05) is 41.6 Å². The van der Waals surface area contributed by atoms with Crippen LogP contribution < -0.4 is 16.6 Å². The Labute approximate surface area is 163 Å². The normalized spacial score (nSPS) is 10.7. The molecule has 9 heteroatoms. The molecule has 0 atom stereocenters. The summed E-state index contributed by atoms with van der Waals surface area (Å²) in [6.45, 7) is 1.80. The third-order valence-electron chi connectivity index (χ3n) is 3.82. The molecule has 3 amide bonds. The van der Waals surface area contributed by atoms with Gasteiger partial charge in [-0.3, -0.25) is 19.5 Å². The minimum Gasteiger partial charge on any atom is -0.351 e. The lowest BCUT2D eigenvalue weighted by Gasteiger charge is -2.15. The fourth-order valence-corrected chi connectivity index (χ4v) is 3.54. The monoisotopic (exact) mass is 402 g/mol. The Morgan fingerprint density at radius 1 is 1.22 bits per heavy atom. The SMILES string of the molecule is Cc1c(Cl)cccc1-n1c(SCC(=O)NC(N)=O)nc2ccccc2c1=O. The number of para-hydroxylation sites is 1. The number of hydrogen-bond acceptors (Lipinski definition) is 5. The zero-order chi connectivity index (χ0) is 19.6. The van der Waals surface area contributed by atoms with E-state index in [1.54, 1.807) is 49.4 Å². The number of thioether (sulfide) groups is 1. The number of primary amides is 1. The summed E-state index contributed by atoms with van der Waals surface area (Å²) in [4.78, 5) is 40.2. The van der Waals surface area contributed by atoms with Gasteiger partial charge in [0.2, 0.25) is 5.91 Å². The molecule has 27 heavy (non-hydrogen) atoms. The van der Waals surface area contributed by atoms with Crippen molar-refractivity contribution in [3.8, 4) is 5.69 Å². The molecule has 3 N–H and O–H groups in total. The van der Waals surface area contributed by atoms with Gasteiger partial charge in [0.25, 0.3) is 5.56 Å². The molecule has 0 aliphatic rings. The van der Waals surface area contributed by atoms with Crippen LogP contribution in [0, 0.1) is 6.92 Å². The van der Waals surface area contributed by atoms with E-state index in [1.165, 1.54) is 4.57 Å². The lowest BCUT2D eigenvalue weighted by molar-refractivity contribution is -0.117. The minimum absolute atomic E-state index is 0.132. The summed E-state index contributed by atoms with van der Waals surface area (Å²) in [5.74, 6) is -0.711. The van der Waals surface area contributed by atoms with Crippen LogP contribution in [0.25, 0.3) is 16.6 Å². The molecular formula is C18H15ClN4O3S. The van der Waals surface area contributed by atoms with Crippen molar-refractivity contribution in [2.24, 2.45) is 5.73 Å². The number of nitrogens with one attached hydrogen (secondary N) is 1. The van der Waals surface area contributed by atoms with E-state index in [9.17, 15) is 14.4 Å². The molecule has 3 rings (SSSR count). The molecule has 0 saturated heterocycles. The second-order valence-corrected chi connectivity index (χ2v) is 6.99. The topological polar surface area (TPSA) is 107 Å². The van der Waals surface area contributed by atoms with Crippen molar-refractivity contribution in [1.82, 2.24) is 14.9 Å². The summed E-state index contributed by atoms with van der Waals surface area (Å²) >= 11 is 7.24. The van der Waals surface area contributed by atoms with Crippen LogP contribution in [-0.2, 0) is 4.79 Å². The number of imide groups is 1. The van der Waals surface area contributed by atoms with Gasteiger partial charge < -0.3 is 5.73 Å². The van der Waals surface area contributed by atoms with Gasteiger partial charge in [0.05, 0.1) is 22.3 Å². The predicted octanol–water partition coefficient (Wildman–Crippen LogP) is 2.63. The Hall–Kier alpha value is -2.84. The molecule has 3 aromatic rings. The van der Waals surface area contributed by atoms with Crippen LogP contribution in [-0.4, -0.2) is 27.2 Å². The highest BCUT2D eigenvalue weighted by Crippen LogP contribution is 2.26. The van der Waals surface area contributed by atoms with Crippen molar-refractivity contribution in [3.63, 3.8) is 0 Å². The average molecular weight is 403 g/mol. The van der Waals surface area contributed by atoms with Gasteiger partial charge in [-0.05, 0) is 36.8 Å². The Morgan fingerprint density at radius 2 is 1.96 bits per heavy atom. The zero-order valence-corrected chi connectivity index (χ0v) is 15.8. The number of nitrogens with zero attached hydrogens (tertiary/aromatic N) is 2. The summed E-state index contributed by atoms with van der Waals surface area (Å²) < 4.78 is 1.42. The number of aromatic nitrogens is 2. The number of rotatable bonds is 4. The number of benzene rings is 2. The maximum absolute atomic E-state index is 13.1. The Bertz CT molecular complexity index is 1110. The summed E-state index contributed by atoms with van der Waals surface area (Å²) in [5.41, 5.74) is 6.47. The van der Waals surface area contributed by atoms with Crippen LogP contribution >= 0.6 is 23.4 Å². The number of carbonyl (C=O) groups is 2. The first-order valence-corrected chi connectivity index (χ1v) is 9.24. The fraction of sp³-hybridized carbons (Fsp3) is 0.111. The van der Waals surface area contributed by atoms with Crippen molar-refractivity contribution in [2.75, 3.05) is 5.75 Å². The largest absolute Gasteiger partial charge is 0.351 e. The summed E-state index contributed by atoms with van der Waals surface area (Å²) in [7, 11) is 0. The zero-order valence-electron chi connectivity index (χ0n) is 14.2. The molecule has 0 saturated carbocycles. The van der Waals surface area contributed by atoms with Gasteiger partial charge >= 0.3 is 6.03 Å². The molecule has 0 unspecified atom stereocenters. The maximum Gasteiger partial charge on any atom is 0.318 e. The molecule has 0 spiro atoms. The molecule has 0 fully saturated rings. The average Bonchev–Trinajstić information content (AvgIpc) is 2.62. The van der Waals surface area contributed by atoms with Crippen LogP contribution in [0.15, 0.2) is 52.4 Å².